The van der Waals surface area contributed by atoms with E-state index in [4.69, 9.17) is 14.5 Å². The van der Waals surface area contributed by atoms with Crippen molar-refractivity contribution >= 4 is 34.4 Å². The lowest BCUT2D eigenvalue weighted by Crippen LogP contribution is -2.32. The van der Waals surface area contributed by atoms with Crippen molar-refractivity contribution in [1.29, 1.82) is 0 Å². The first-order valence-corrected chi connectivity index (χ1v) is 10.3. The molecule has 0 amide bonds. The van der Waals surface area contributed by atoms with Crippen LogP contribution in [0.1, 0.15) is 5.56 Å². The summed E-state index contributed by atoms with van der Waals surface area (Å²) in [6.45, 7) is 0. The third kappa shape index (κ3) is 4.20. The van der Waals surface area contributed by atoms with Crippen LogP contribution in [-0.2, 0) is 0 Å². The molecule has 0 saturated carbocycles. The van der Waals surface area contributed by atoms with Gasteiger partial charge < -0.3 is 14.6 Å². The summed E-state index contributed by atoms with van der Waals surface area (Å²) in [5.74, 6) is 1.30. The number of anilines is 1. The van der Waals surface area contributed by atoms with E-state index in [2.05, 4.69) is 0 Å². The third-order valence-corrected chi connectivity index (χ3v) is 5.68. The third-order valence-electron chi connectivity index (χ3n) is 4.65. The molecule has 1 fully saturated rings. The molecule has 1 unspecified atom stereocenters. The summed E-state index contributed by atoms with van der Waals surface area (Å²) in [5, 5.41) is 11.9. The highest BCUT2D eigenvalue weighted by atomic mass is 32.2. The molecule has 1 aliphatic rings. The molecule has 1 aliphatic heterocycles. The largest absolute Gasteiger partial charge is 0.493 e. The molecule has 0 aromatic heterocycles. The van der Waals surface area contributed by atoms with Crippen molar-refractivity contribution in [2.24, 2.45) is 4.99 Å². The topological polar surface area (TPSA) is 54.3 Å². The first kappa shape index (κ1) is 20.1. The van der Waals surface area contributed by atoms with Crippen molar-refractivity contribution in [1.82, 2.24) is 0 Å². The molecule has 30 heavy (non-hydrogen) atoms. The normalized spacial score (nSPS) is 18.8. The summed E-state index contributed by atoms with van der Waals surface area (Å²) in [4.78, 5) is 7.40. The van der Waals surface area contributed by atoms with E-state index in [0.29, 0.717) is 16.7 Å². The number of rotatable bonds is 5. The van der Waals surface area contributed by atoms with Gasteiger partial charge in [0, 0.05) is 10.6 Å². The highest BCUT2D eigenvalue weighted by molar-refractivity contribution is 8.18. The molecule has 5 nitrogen and oxygen atoms in total. The van der Waals surface area contributed by atoms with Crippen molar-refractivity contribution in [3.8, 4) is 11.5 Å². The fourth-order valence-corrected chi connectivity index (χ4v) is 4.25. The van der Waals surface area contributed by atoms with Crippen LogP contribution in [0.25, 0.3) is 6.08 Å². The van der Waals surface area contributed by atoms with Crippen LogP contribution in [0.3, 0.4) is 0 Å². The van der Waals surface area contributed by atoms with Crippen molar-refractivity contribution in [3.63, 3.8) is 0 Å². The van der Waals surface area contributed by atoms with Gasteiger partial charge in [0.25, 0.3) is 0 Å². The zero-order chi connectivity index (χ0) is 20.9. The molecule has 1 N–H and O–H groups in total. The summed E-state index contributed by atoms with van der Waals surface area (Å²) in [5.41, 5.74) is 2.62. The average molecular weight is 419 g/mol. The van der Waals surface area contributed by atoms with Crippen LogP contribution in [0.4, 0.5) is 11.4 Å². The highest BCUT2D eigenvalue weighted by Crippen LogP contribution is 2.40. The number of amidine groups is 1. The molecule has 1 atom stereocenters. The minimum absolute atomic E-state index is 0.641. The number of aliphatic imine (C=N–C) groups is 1. The van der Waals surface area contributed by atoms with E-state index in [-0.39, 0.29) is 0 Å². The Hall–Kier alpha value is -3.22. The summed E-state index contributed by atoms with van der Waals surface area (Å²) in [6, 6.07) is 25.2. The number of hydrogen-bond donors (Lipinski definition) is 1. The molecule has 3 aromatic carbocycles. The van der Waals surface area contributed by atoms with Crippen LogP contribution in [0, 0.1) is 0 Å². The monoisotopic (exact) mass is 418 g/mol. The van der Waals surface area contributed by atoms with E-state index in [1.54, 1.807) is 14.2 Å². The molecule has 1 heterocycles. The molecule has 0 spiro atoms. The molecule has 152 valence electrons. The maximum atomic E-state index is 11.1. The Kier molecular flexibility index (Phi) is 6.07. The number of methoxy groups -OCH3 is 2. The van der Waals surface area contributed by atoms with E-state index in [9.17, 15) is 5.11 Å². The number of ether oxygens (including phenoxy) is 2. The first-order valence-electron chi connectivity index (χ1n) is 9.47. The van der Waals surface area contributed by atoms with Crippen LogP contribution in [0.2, 0.25) is 0 Å². The predicted octanol–water partition coefficient (Wildman–Crippen LogP) is 5.30. The molecule has 3 aromatic rings. The average Bonchev–Trinajstić information content (AvgIpc) is 3.09. The molecular weight excluding hydrogens is 396 g/mol. The Morgan fingerprint density at radius 3 is 2.23 bits per heavy atom. The highest BCUT2D eigenvalue weighted by Gasteiger charge is 2.34. The summed E-state index contributed by atoms with van der Waals surface area (Å²) in [6.07, 6.45) is 1.11. The number of hydrogen-bond acceptors (Lipinski definition) is 5. The minimum atomic E-state index is -0.840. The number of thioether (sulfide) groups is 1. The Bertz CT molecular complexity index is 1070. The SMILES string of the molecule is COc1ccc(/C=C2\S/C(=N\c3ccccc3)N(c3ccccc3)C2O)cc1OC. The zero-order valence-electron chi connectivity index (χ0n) is 16.7. The standard InChI is InChI=1S/C24H22N2O3S/c1-28-20-14-13-17(15-21(20)29-2)16-22-23(27)26(19-11-7-4-8-12-19)24(30-22)25-18-9-5-3-6-10-18/h3-16,23,27H,1-2H3/b22-16-,25-24-. The molecule has 1 saturated heterocycles. The zero-order valence-corrected chi connectivity index (χ0v) is 17.5. The molecule has 0 aliphatic carbocycles. The predicted molar refractivity (Wildman–Crippen MR) is 124 cm³/mol. The van der Waals surface area contributed by atoms with Gasteiger partial charge in [-0.05, 0) is 48.0 Å². The molecular formula is C24H22N2O3S. The van der Waals surface area contributed by atoms with E-state index < -0.39 is 6.23 Å². The Labute approximate surface area is 180 Å². The van der Waals surface area contributed by atoms with Gasteiger partial charge in [0.1, 0.15) is 0 Å². The lowest BCUT2D eigenvalue weighted by atomic mass is 10.1. The van der Waals surface area contributed by atoms with Gasteiger partial charge in [-0.3, -0.25) is 4.90 Å². The smallest absolute Gasteiger partial charge is 0.176 e. The van der Waals surface area contributed by atoms with Crippen LogP contribution >= 0.6 is 11.8 Å². The number of aliphatic hydroxyl groups excluding tert-OH is 1. The van der Waals surface area contributed by atoms with Crippen LogP contribution in [0.5, 0.6) is 11.5 Å². The van der Waals surface area contributed by atoms with E-state index in [1.807, 2.05) is 89.8 Å². The van der Waals surface area contributed by atoms with Gasteiger partial charge in [-0.15, -0.1) is 0 Å². The summed E-state index contributed by atoms with van der Waals surface area (Å²) in [7, 11) is 3.21. The lowest BCUT2D eigenvalue weighted by molar-refractivity contribution is 0.233. The summed E-state index contributed by atoms with van der Waals surface area (Å²) >= 11 is 1.45. The van der Waals surface area contributed by atoms with Crippen molar-refractivity contribution in [3.05, 3.63) is 89.3 Å². The quantitative estimate of drug-likeness (QED) is 0.609. The van der Waals surface area contributed by atoms with Gasteiger partial charge in [0.2, 0.25) is 0 Å². The van der Waals surface area contributed by atoms with Gasteiger partial charge in [0.15, 0.2) is 22.9 Å². The van der Waals surface area contributed by atoms with Gasteiger partial charge in [0.05, 0.1) is 19.9 Å². The Morgan fingerprint density at radius 2 is 1.57 bits per heavy atom. The second-order valence-electron chi connectivity index (χ2n) is 6.57. The minimum Gasteiger partial charge on any atom is -0.493 e. The van der Waals surface area contributed by atoms with E-state index in [0.717, 1.165) is 21.8 Å². The molecule has 6 heteroatoms. The number of aliphatic hydroxyl groups is 1. The van der Waals surface area contributed by atoms with E-state index >= 15 is 0 Å². The molecule has 0 bridgehead atoms. The van der Waals surface area contributed by atoms with Crippen molar-refractivity contribution < 1.29 is 14.6 Å². The van der Waals surface area contributed by atoms with Gasteiger partial charge >= 0.3 is 0 Å². The molecule has 4 rings (SSSR count). The maximum Gasteiger partial charge on any atom is 0.176 e. The fourth-order valence-electron chi connectivity index (χ4n) is 3.18. The second kappa shape index (κ2) is 9.07. The number of nitrogens with zero attached hydrogens (tertiary/aromatic N) is 2. The molecule has 0 radical (unpaired) electrons. The van der Waals surface area contributed by atoms with Crippen LogP contribution in [-0.4, -0.2) is 30.7 Å². The maximum absolute atomic E-state index is 11.1. The lowest BCUT2D eigenvalue weighted by Gasteiger charge is -2.22. The van der Waals surface area contributed by atoms with Gasteiger partial charge in [-0.1, -0.05) is 54.2 Å². The summed E-state index contributed by atoms with van der Waals surface area (Å²) < 4.78 is 10.7. The van der Waals surface area contributed by atoms with Gasteiger partial charge in [-0.25, -0.2) is 4.99 Å². The second-order valence-corrected chi connectivity index (χ2v) is 7.61. The van der Waals surface area contributed by atoms with Gasteiger partial charge in [-0.2, -0.15) is 0 Å². The van der Waals surface area contributed by atoms with Crippen molar-refractivity contribution in [2.75, 3.05) is 19.1 Å². The van der Waals surface area contributed by atoms with E-state index in [1.165, 1.54) is 11.8 Å². The fraction of sp³-hybridized carbons (Fsp3) is 0.125. The number of benzene rings is 3. The number of para-hydroxylation sites is 2. The Balaban J connectivity index is 1.74. The van der Waals surface area contributed by atoms with Crippen molar-refractivity contribution in [2.45, 2.75) is 6.23 Å². The first-order chi connectivity index (χ1) is 14.7. The Morgan fingerprint density at radius 1 is 0.900 bits per heavy atom. The van der Waals surface area contributed by atoms with Crippen LogP contribution < -0.4 is 14.4 Å². The van der Waals surface area contributed by atoms with Crippen LogP contribution in [0.15, 0.2) is 88.8 Å².